The molecule has 6 rings (SSSR count). The average Bonchev–Trinajstić information content (AvgIpc) is 3.70. The smallest absolute Gasteiger partial charge is 0.139 e. The van der Waals surface area contributed by atoms with Crippen LogP contribution in [0.5, 0.6) is 0 Å². The van der Waals surface area contributed by atoms with Crippen molar-refractivity contribution in [2.24, 2.45) is 0 Å². The summed E-state index contributed by atoms with van der Waals surface area (Å²) in [4.78, 5) is 24.6. The zero-order valence-corrected chi connectivity index (χ0v) is 21.0. The van der Waals surface area contributed by atoms with Crippen LogP contribution >= 0.6 is 11.3 Å². The molecule has 3 N–H and O–H groups in total. The van der Waals surface area contributed by atoms with Crippen molar-refractivity contribution in [3.63, 3.8) is 0 Å². The molecule has 5 aromatic rings. The van der Waals surface area contributed by atoms with Gasteiger partial charge in [-0.3, -0.25) is 14.9 Å². The normalized spacial score (nSPS) is 13.5. The minimum absolute atomic E-state index is 0.157. The molecule has 0 radical (unpaired) electrons. The van der Waals surface area contributed by atoms with Crippen molar-refractivity contribution in [1.29, 1.82) is 0 Å². The summed E-state index contributed by atoms with van der Waals surface area (Å²) in [6.07, 6.45) is 17.4. The van der Waals surface area contributed by atoms with Gasteiger partial charge in [0.15, 0.2) is 0 Å². The van der Waals surface area contributed by atoms with Crippen LogP contribution in [0.3, 0.4) is 0 Å². The lowest BCUT2D eigenvalue weighted by Gasteiger charge is -2.15. The van der Waals surface area contributed by atoms with Gasteiger partial charge in [0.2, 0.25) is 0 Å². The van der Waals surface area contributed by atoms with E-state index in [1.807, 2.05) is 35.8 Å². The second kappa shape index (κ2) is 10.9. The van der Waals surface area contributed by atoms with E-state index < -0.39 is 5.82 Å². The first-order chi connectivity index (χ1) is 18.2. The van der Waals surface area contributed by atoms with Crippen LogP contribution in [0, 0.1) is 18.7 Å². The minimum Gasteiger partial charge on any atom is -0.383 e. The van der Waals surface area contributed by atoms with Gasteiger partial charge in [-0.1, -0.05) is 6.07 Å². The topological polar surface area (TPSA) is 96.6 Å². The Hall–Kier alpha value is -4.13. The van der Waals surface area contributed by atoms with Gasteiger partial charge >= 0.3 is 0 Å². The second-order valence-corrected chi connectivity index (χ2v) is 9.76. The highest BCUT2D eigenvalue weighted by molar-refractivity contribution is 7.13. The SMILES string of the molecule is C#C.Nc1ncc(-c2cncc(CN3CCCC3)c2)c(F)c1Cc1nc2c(-c3cccs3)nccc2[nH]1. The van der Waals surface area contributed by atoms with E-state index in [9.17, 15) is 0 Å². The average molecular weight is 512 g/mol. The number of aromatic amines is 1. The third kappa shape index (κ3) is 5.07. The summed E-state index contributed by atoms with van der Waals surface area (Å²) >= 11 is 1.60. The lowest BCUT2D eigenvalue weighted by Crippen LogP contribution is -2.18. The summed E-state index contributed by atoms with van der Waals surface area (Å²) in [6, 6.07) is 7.86. The Labute approximate surface area is 218 Å². The lowest BCUT2D eigenvalue weighted by atomic mass is 10.0. The van der Waals surface area contributed by atoms with Gasteiger partial charge < -0.3 is 10.7 Å². The van der Waals surface area contributed by atoms with Crippen molar-refractivity contribution in [1.82, 2.24) is 29.8 Å². The van der Waals surface area contributed by atoms with Crippen LogP contribution in [0.25, 0.3) is 32.7 Å². The van der Waals surface area contributed by atoms with Crippen LogP contribution in [-0.4, -0.2) is 42.9 Å². The number of nitrogen functional groups attached to an aromatic ring is 1. The quantitative estimate of drug-likeness (QED) is 0.300. The number of hydrogen-bond donors (Lipinski definition) is 2. The summed E-state index contributed by atoms with van der Waals surface area (Å²) in [5.41, 5.74) is 11.0. The number of anilines is 1. The van der Waals surface area contributed by atoms with Crippen molar-refractivity contribution >= 4 is 28.2 Å². The van der Waals surface area contributed by atoms with Crippen LogP contribution in [0.15, 0.2) is 54.4 Å². The summed E-state index contributed by atoms with van der Waals surface area (Å²) in [6.45, 7) is 3.00. The third-order valence-electron chi connectivity index (χ3n) is 6.40. The Morgan fingerprint density at radius 2 is 1.95 bits per heavy atom. The fraction of sp³-hybridized carbons (Fsp3) is 0.214. The first-order valence-corrected chi connectivity index (χ1v) is 12.8. The van der Waals surface area contributed by atoms with Crippen molar-refractivity contribution in [3.8, 4) is 34.5 Å². The Morgan fingerprint density at radius 3 is 2.73 bits per heavy atom. The molecule has 0 aliphatic carbocycles. The minimum atomic E-state index is -0.394. The van der Waals surface area contributed by atoms with Crippen LogP contribution in [0.4, 0.5) is 10.2 Å². The molecule has 0 saturated carbocycles. The van der Waals surface area contributed by atoms with Crippen LogP contribution < -0.4 is 5.73 Å². The number of imidazole rings is 1. The molecule has 0 spiro atoms. The predicted octanol–water partition coefficient (Wildman–Crippen LogP) is 5.30. The van der Waals surface area contributed by atoms with E-state index in [-0.39, 0.29) is 12.2 Å². The number of aromatic nitrogens is 5. The Bertz CT molecular complexity index is 1540. The van der Waals surface area contributed by atoms with E-state index in [1.165, 1.54) is 19.0 Å². The first-order valence-electron chi connectivity index (χ1n) is 12.0. The fourth-order valence-electron chi connectivity index (χ4n) is 4.66. The van der Waals surface area contributed by atoms with Gasteiger partial charge in [0.25, 0.3) is 0 Å². The lowest BCUT2D eigenvalue weighted by molar-refractivity contribution is 0.331. The molecule has 186 valence electrons. The summed E-state index contributed by atoms with van der Waals surface area (Å²) < 4.78 is 15.8. The number of nitrogens with two attached hydrogens (primary N) is 1. The molecule has 0 aromatic carbocycles. The maximum atomic E-state index is 15.8. The molecule has 1 fully saturated rings. The fourth-order valence-corrected chi connectivity index (χ4v) is 5.39. The molecule has 7 nitrogen and oxygen atoms in total. The maximum absolute atomic E-state index is 15.8. The molecule has 0 bridgehead atoms. The molecule has 1 aliphatic rings. The molecule has 0 amide bonds. The molecule has 0 atom stereocenters. The summed E-state index contributed by atoms with van der Waals surface area (Å²) in [5.74, 6) is 0.371. The number of likely N-dealkylation sites (tertiary alicyclic amines) is 1. The predicted molar refractivity (Wildman–Crippen MR) is 146 cm³/mol. The number of nitrogens with one attached hydrogen (secondary N) is 1. The van der Waals surface area contributed by atoms with Gasteiger partial charge in [0.1, 0.15) is 28.7 Å². The first kappa shape index (κ1) is 24.6. The molecule has 0 unspecified atom stereocenters. The molecule has 9 heteroatoms. The summed E-state index contributed by atoms with van der Waals surface area (Å²) in [7, 11) is 0. The highest BCUT2D eigenvalue weighted by Gasteiger charge is 2.19. The number of halogens is 1. The molecule has 5 aromatic heterocycles. The molecule has 6 heterocycles. The van der Waals surface area contributed by atoms with E-state index in [0.29, 0.717) is 22.5 Å². The van der Waals surface area contributed by atoms with E-state index in [1.54, 1.807) is 23.7 Å². The molecule has 1 saturated heterocycles. The zero-order valence-electron chi connectivity index (χ0n) is 20.2. The summed E-state index contributed by atoms with van der Waals surface area (Å²) in [5, 5.41) is 2.01. The Morgan fingerprint density at radius 1 is 1.11 bits per heavy atom. The molecular weight excluding hydrogens is 485 g/mol. The standard InChI is InChI=1S/C26H24FN7S.C2H2/c27-23-18(11-22-32-20-5-6-30-25(24(20)33-22)21-4-3-9-35-21)26(28)31-14-19(23)17-10-16(12-29-13-17)15-34-7-1-2-8-34;1-2/h3-6,9-10,12-14H,1-2,7-8,11,15H2,(H2,28,31)(H,32,33);1-2H. The largest absolute Gasteiger partial charge is 0.383 e. The number of rotatable bonds is 6. The molecule has 37 heavy (non-hydrogen) atoms. The number of thiophene rings is 1. The molecular formula is C28H26FN7S. The highest BCUT2D eigenvalue weighted by Crippen LogP contribution is 2.31. The Kier molecular flexibility index (Phi) is 7.21. The van der Waals surface area contributed by atoms with Gasteiger partial charge in [-0.15, -0.1) is 24.2 Å². The highest BCUT2D eigenvalue weighted by atomic mass is 32.1. The van der Waals surface area contributed by atoms with E-state index in [4.69, 9.17) is 10.7 Å². The van der Waals surface area contributed by atoms with Crippen molar-refractivity contribution in [2.75, 3.05) is 18.8 Å². The van der Waals surface area contributed by atoms with Gasteiger partial charge in [0, 0.05) is 54.4 Å². The Balaban J connectivity index is 0.00000137. The van der Waals surface area contributed by atoms with E-state index >= 15 is 4.39 Å². The van der Waals surface area contributed by atoms with Crippen molar-refractivity contribution in [2.45, 2.75) is 25.8 Å². The monoisotopic (exact) mass is 511 g/mol. The van der Waals surface area contributed by atoms with Gasteiger partial charge in [-0.05, 0) is 55.1 Å². The van der Waals surface area contributed by atoms with Crippen molar-refractivity contribution in [3.05, 3.63) is 77.2 Å². The van der Waals surface area contributed by atoms with Gasteiger partial charge in [0.05, 0.1) is 10.4 Å². The number of H-pyrrole nitrogens is 1. The van der Waals surface area contributed by atoms with E-state index in [2.05, 4.69) is 37.7 Å². The molecule has 1 aliphatic heterocycles. The number of pyridine rings is 3. The number of terminal acetylenes is 1. The van der Waals surface area contributed by atoms with E-state index in [0.717, 1.165) is 46.8 Å². The number of hydrogen-bond acceptors (Lipinski definition) is 7. The van der Waals surface area contributed by atoms with Crippen LogP contribution in [0.1, 0.15) is 29.8 Å². The van der Waals surface area contributed by atoms with Gasteiger partial charge in [-0.25, -0.2) is 14.4 Å². The van der Waals surface area contributed by atoms with Crippen molar-refractivity contribution < 1.29 is 4.39 Å². The third-order valence-corrected chi connectivity index (χ3v) is 7.28. The number of fused-ring (bicyclic) bond motifs is 1. The van der Waals surface area contributed by atoms with Crippen LogP contribution in [-0.2, 0) is 13.0 Å². The number of nitrogens with zero attached hydrogens (tertiary/aromatic N) is 5. The zero-order chi connectivity index (χ0) is 25.8. The van der Waals surface area contributed by atoms with Crippen LogP contribution in [0.2, 0.25) is 0 Å². The maximum Gasteiger partial charge on any atom is 0.139 e. The second-order valence-electron chi connectivity index (χ2n) is 8.81. The van der Waals surface area contributed by atoms with Gasteiger partial charge in [-0.2, -0.15) is 0 Å².